The molecular formula is C23H29FN4O. The molecule has 4 aliphatic heterocycles. The molecule has 4 aliphatic rings. The van der Waals surface area contributed by atoms with E-state index >= 15 is 0 Å². The summed E-state index contributed by atoms with van der Waals surface area (Å²) in [6.07, 6.45) is 7.53. The average Bonchev–Trinajstić information content (AvgIpc) is 3.39. The summed E-state index contributed by atoms with van der Waals surface area (Å²) < 4.78 is 15.6. The van der Waals surface area contributed by atoms with Gasteiger partial charge in [-0.25, -0.2) is 9.37 Å². The van der Waals surface area contributed by atoms with Gasteiger partial charge in [0.25, 0.3) is 0 Å². The van der Waals surface area contributed by atoms with Crippen molar-refractivity contribution in [3.05, 3.63) is 53.9 Å². The molecule has 1 aromatic carbocycles. The van der Waals surface area contributed by atoms with Crippen LogP contribution in [0, 0.1) is 11.7 Å². The summed E-state index contributed by atoms with van der Waals surface area (Å²) in [6.45, 7) is 5.77. The first-order valence-corrected chi connectivity index (χ1v) is 10.9. The monoisotopic (exact) mass is 396 g/mol. The lowest BCUT2D eigenvalue weighted by Crippen LogP contribution is -2.60. The molecule has 0 unspecified atom stereocenters. The number of imidazole rings is 1. The van der Waals surface area contributed by atoms with Crippen LogP contribution in [0.3, 0.4) is 0 Å². The third-order valence-corrected chi connectivity index (χ3v) is 7.30. The molecule has 0 aliphatic carbocycles. The molecule has 6 heteroatoms. The Balaban J connectivity index is 1.37. The van der Waals surface area contributed by atoms with Crippen LogP contribution in [-0.4, -0.2) is 57.0 Å². The molecule has 0 radical (unpaired) electrons. The number of nitrogens with zero attached hydrogens (tertiary/aromatic N) is 4. The molecule has 0 N–H and O–H groups in total. The topological polar surface area (TPSA) is 41.4 Å². The summed E-state index contributed by atoms with van der Waals surface area (Å²) in [5, 5.41) is 0. The minimum atomic E-state index is -0.200. The van der Waals surface area contributed by atoms with Crippen LogP contribution >= 0.6 is 0 Å². The molecular weight excluding hydrogens is 367 g/mol. The average molecular weight is 397 g/mol. The van der Waals surface area contributed by atoms with E-state index in [2.05, 4.69) is 26.3 Å². The van der Waals surface area contributed by atoms with Crippen LogP contribution in [0.15, 0.2) is 36.7 Å². The number of hydrogen-bond acceptors (Lipinski definition) is 3. The molecule has 4 saturated heterocycles. The Bertz CT molecular complexity index is 871. The highest BCUT2D eigenvalue weighted by molar-refractivity contribution is 5.77. The van der Waals surface area contributed by atoms with E-state index < -0.39 is 0 Å². The van der Waals surface area contributed by atoms with Gasteiger partial charge in [0.2, 0.25) is 5.91 Å². The van der Waals surface area contributed by atoms with Gasteiger partial charge in [0.1, 0.15) is 11.6 Å². The largest absolute Gasteiger partial charge is 0.337 e. The van der Waals surface area contributed by atoms with Crippen LogP contribution in [0.4, 0.5) is 4.39 Å². The lowest BCUT2D eigenvalue weighted by atomic mass is 9.75. The predicted molar refractivity (Wildman–Crippen MR) is 109 cm³/mol. The number of piperidine rings is 3. The fourth-order valence-corrected chi connectivity index (χ4v) is 5.93. The van der Waals surface area contributed by atoms with E-state index in [0.29, 0.717) is 31.0 Å². The maximum absolute atomic E-state index is 13.5. The number of fused-ring (bicyclic) bond motifs is 2. The molecule has 1 amide bonds. The van der Waals surface area contributed by atoms with Crippen molar-refractivity contribution in [2.75, 3.05) is 19.6 Å². The fourth-order valence-electron chi connectivity index (χ4n) is 5.93. The van der Waals surface area contributed by atoms with Crippen LogP contribution in [0.1, 0.15) is 43.5 Å². The number of carbonyl (C=O) groups excluding carboxylic acids is 1. The number of benzene rings is 1. The van der Waals surface area contributed by atoms with E-state index in [9.17, 15) is 9.18 Å². The third kappa shape index (κ3) is 3.27. The third-order valence-electron chi connectivity index (χ3n) is 7.30. The molecule has 0 spiro atoms. The highest BCUT2D eigenvalue weighted by Gasteiger charge is 2.54. The van der Waals surface area contributed by atoms with Crippen molar-refractivity contribution in [2.24, 2.45) is 5.92 Å². The predicted octanol–water partition coefficient (Wildman–Crippen LogP) is 3.06. The van der Waals surface area contributed by atoms with Gasteiger partial charge in [0.15, 0.2) is 0 Å². The van der Waals surface area contributed by atoms with Gasteiger partial charge in [-0.3, -0.25) is 9.69 Å². The zero-order valence-corrected chi connectivity index (χ0v) is 17.0. The second kappa shape index (κ2) is 7.56. The van der Waals surface area contributed by atoms with Crippen molar-refractivity contribution in [3.63, 3.8) is 0 Å². The Morgan fingerprint density at radius 3 is 2.66 bits per heavy atom. The molecule has 3 atom stereocenters. The Hall–Kier alpha value is -2.21. The fraction of sp³-hybridized carbons (Fsp3) is 0.565. The standard InChI is InChI=1S/C23H29FN4O/c1-2-20-25-10-14-26(20)13-9-21(29)28-15-19(16-3-5-18(24)6-4-16)23-22(28)17-7-11-27(23)12-8-17/h3-6,10,14,17,19,22-23H,2,7-9,11-13,15H2,1H3/t19-,22+,23+/m1/s1. The number of aryl methyl sites for hydroxylation is 2. The molecule has 154 valence electrons. The van der Waals surface area contributed by atoms with Crippen molar-refractivity contribution in [1.82, 2.24) is 19.4 Å². The Kier molecular flexibility index (Phi) is 4.90. The maximum atomic E-state index is 13.5. The molecule has 6 rings (SSSR count). The Morgan fingerprint density at radius 1 is 1.17 bits per heavy atom. The van der Waals surface area contributed by atoms with Crippen LogP contribution in [0.2, 0.25) is 0 Å². The van der Waals surface area contributed by atoms with E-state index in [1.165, 1.54) is 12.8 Å². The number of aromatic nitrogens is 2. The number of halogens is 1. The molecule has 2 aromatic rings. The van der Waals surface area contributed by atoms with Gasteiger partial charge < -0.3 is 9.47 Å². The summed E-state index contributed by atoms with van der Waals surface area (Å²) in [5.41, 5.74) is 1.16. The van der Waals surface area contributed by atoms with E-state index in [4.69, 9.17) is 0 Å². The second-order valence-electron chi connectivity index (χ2n) is 8.70. The van der Waals surface area contributed by atoms with E-state index in [0.717, 1.165) is 37.4 Å². The van der Waals surface area contributed by atoms with Gasteiger partial charge in [0.05, 0.1) is 6.04 Å². The highest BCUT2D eigenvalue weighted by atomic mass is 19.1. The molecule has 1 aromatic heterocycles. The van der Waals surface area contributed by atoms with Crippen molar-refractivity contribution < 1.29 is 9.18 Å². The first-order chi connectivity index (χ1) is 14.2. The van der Waals surface area contributed by atoms with Crippen LogP contribution in [-0.2, 0) is 17.8 Å². The van der Waals surface area contributed by atoms with Crippen molar-refractivity contribution >= 4 is 5.91 Å². The Morgan fingerprint density at radius 2 is 1.93 bits per heavy atom. The summed E-state index contributed by atoms with van der Waals surface area (Å²) in [7, 11) is 0. The van der Waals surface area contributed by atoms with Gasteiger partial charge in [-0.2, -0.15) is 0 Å². The van der Waals surface area contributed by atoms with Crippen LogP contribution in [0.5, 0.6) is 0 Å². The van der Waals surface area contributed by atoms with Crippen LogP contribution in [0.25, 0.3) is 0 Å². The quantitative estimate of drug-likeness (QED) is 0.780. The zero-order chi connectivity index (χ0) is 20.0. The maximum Gasteiger partial charge on any atom is 0.224 e. The molecule has 29 heavy (non-hydrogen) atoms. The van der Waals surface area contributed by atoms with E-state index in [1.807, 2.05) is 24.5 Å². The minimum Gasteiger partial charge on any atom is -0.337 e. The molecule has 2 bridgehead atoms. The van der Waals surface area contributed by atoms with Gasteiger partial charge >= 0.3 is 0 Å². The molecule has 0 saturated carbocycles. The smallest absolute Gasteiger partial charge is 0.224 e. The first kappa shape index (κ1) is 18.8. The van der Waals surface area contributed by atoms with E-state index in [-0.39, 0.29) is 17.6 Å². The van der Waals surface area contributed by atoms with Gasteiger partial charge in [-0.1, -0.05) is 19.1 Å². The normalized spacial score (nSPS) is 30.6. The molecule has 5 heterocycles. The summed E-state index contributed by atoms with van der Waals surface area (Å²) in [4.78, 5) is 22.4. The molecule has 4 fully saturated rings. The number of rotatable bonds is 5. The summed E-state index contributed by atoms with van der Waals surface area (Å²) in [5.74, 6) is 1.94. The number of carbonyl (C=O) groups is 1. The minimum absolute atomic E-state index is 0.200. The SMILES string of the molecule is CCc1nccn1CCC(=O)N1C[C@H](c2ccc(F)cc2)[C@H]2[C@@H]1C1CCN2CC1. The number of likely N-dealkylation sites (tertiary alicyclic amines) is 1. The highest BCUT2D eigenvalue weighted by Crippen LogP contribution is 2.46. The second-order valence-corrected chi connectivity index (χ2v) is 8.70. The molecule has 5 nitrogen and oxygen atoms in total. The van der Waals surface area contributed by atoms with Crippen LogP contribution < -0.4 is 0 Å². The van der Waals surface area contributed by atoms with Crippen molar-refractivity contribution in [3.8, 4) is 0 Å². The van der Waals surface area contributed by atoms with Gasteiger partial charge in [-0.05, 0) is 49.5 Å². The van der Waals surface area contributed by atoms with Gasteiger partial charge in [-0.15, -0.1) is 0 Å². The van der Waals surface area contributed by atoms with Crippen molar-refractivity contribution in [2.45, 2.75) is 57.2 Å². The number of hydrogen-bond donors (Lipinski definition) is 0. The first-order valence-electron chi connectivity index (χ1n) is 10.9. The van der Waals surface area contributed by atoms with E-state index in [1.54, 1.807) is 12.1 Å². The number of amides is 1. The van der Waals surface area contributed by atoms with Crippen molar-refractivity contribution in [1.29, 1.82) is 0 Å². The lowest BCUT2D eigenvalue weighted by molar-refractivity contribution is -0.136. The lowest BCUT2D eigenvalue weighted by Gasteiger charge is -2.51. The summed E-state index contributed by atoms with van der Waals surface area (Å²) >= 11 is 0. The summed E-state index contributed by atoms with van der Waals surface area (Å²) in [6, 6.07) is 7.60. The van der Waals surface area contributed by atoms with Gasteiger partial charge in [0, 0.05) is 50.3 Å². The zero-order valence-electron chi connectivity index (χ0n) is 17.0. The Labute approximate surface area is 171 Å².